The number of imidazole rings is 1. The minimum atomic E-state index is 0.674. The zero-order valence-electron chi connectivity index (χ0n) is 11.3. The Labute approximate surface area is 122 Å². The molecule has 2 aromatic heterocycles. The highest BCUT2D eigenvalue weighted by atomic mass is 79.9. The fourth-order valence-electron chi connectivity index (χ4n) is 3.19. The number of pyridine rings is 1. The van der Waals surface area contributed by atoms with Crippen LogP contribution in [0.1, 0.15) is 38.3 Å². The van der Waals surface area contributed by atoms with Gasteiger partial charge in [0, 0.05) is 24.1 Å². The Bertz CT molecular complexity index is 558. The van der Waals surface area contributed by atoms with Crippen molar-refractivity contribution in [2.75, 3.05) is 11.4 Å². The Kier molecular flexibility index (Phi) is 3.78. The lowest BCUT2D eigenvalue weighted by Crippen LogP contribution is -2.34. The summed E-state index contributed by atoms with van der Waals surface area (Å²) in [6.45, 7) is 3.27. The van der Waals surface area contributed by atoms with Gasteiger partial charge in [0.2, 0.25) is 0 Å². The van der Waals surface area contributed by atoms with E-state index >= 15 is 0 Å². The minimum Gasteiger partial charge on any atom is -0.352 e. The first-order valence-electron chi connectivity index (χ1n) is 7.13. The van der Waals surface area contributed by atoms with Gasteiger partial charge in [-0.3, -0.25) is 0 Å². The molecule has 2 aromatic rings. The quantitative estimate of drug-likeness (QED) is 0.793. The largest absolute Gasteiger partial charge is 0.352 e. The molecule has 0 radical (unpaired) electrons. The van der Waals surface area contributed by atoms with Crippen LogP contribution in [-0.2, 0) is 5.33 Å². The van der Waals surface area contributed by atoms with Crippen molar-refractivity contribution in [1.82, 2.24) is 9.38 Å². The van der Waals surface area contributed by atoms with Crippen molar-refractivity contribution in [3.05, 3.63) is 30.1 Å². The van der Waals surface area contributed by atoms with Crippen LogP contribution >= 0.6 is 15.9 Å². The third kappa shape index (κ3) is 2.27. The number of aromatic nitrogens is 2. The van der Waals surface area contributed by atoms with Gasteiger partial charge in [-0.15, -0.1) is 0 Å². The second-order valence-electron chi connectivity index (χ2n) is 5.17. The highest BCUT2D eigenvalue weighted by molar-refractivity contribution is 9.08. The van der Waals surface area contributed by atoms with Gasteiger partial charge in [-0.2, -0.15) is 0 Å². The summed E-state index contributed by atoms with van der Waals surface area (Å²) in [5, 5.41) is 0.844. The van der Waals surface area contributed by atoms with Crippen molar-refractivity contribution >= 4 is 27.4 Å². The summed E-state index contributed by atoms with van der Waals surface area (Å²) in [5.41, 5.74) is 2.31. The van der Waals surface area contributed by atoms with Crippen LogP contribution in [0, 0.1) is 0 Å². The van der Waals surface area contributed by atoms with Crippen molar-refractivity contribution in [2.45, 2.75) is 44.0 Å². The van der Waals surface area contributed by atoms with Crippen LogP contribution in [0.5, 0.6) is 0 Å². The Balaban J connectivity index is 2.06. The van der Waals surface area contributed by atoms with Gasteiger partial charge in [-0.05, 0) is 31.9 Å². The van der Waals surface area contributed by atoms with E-state index in [1.807, 2.05) is 0 Å². The summed E-state index contributed by atoms with van der Waals surface area (Å²) in [6.07, 6.45) is 7.44. The molecule has 1 saturated carbocycles. The van der Waals surface area contributed by atoms with Gasteiger partial charge in [0.25, 0.3) is 0 Å². The van der Waals surface area contributed by atoms with Crippen LogP contribution in [0.3, 0.4) is 0 Å². The second-order valence-corrected chi connectivity index (χ2v) is 5.73. The molecule has 3 nitrogen and oxygen atoms in total. The molecule has 0 saturated heterocycles. The number of hydrogen-bond acceptors (Lipinski definition) is 2. The van der Waals surface area contributed by atoms with Gasteiger partial charge in [-0.1, -0.05) is 34.8 Å². The Hall–Kier alpha value is -1.03. The van der Waals surface area contributed by atoms with Crippen LogP contribution in [-0.4, -0.2) is 22.0 Å². The molecule has 0 N–H and O–H groups in total. The number of hydrogen-bond donors (Lipinski definition) is 0. The zero-order valence-corrected chi connectivity index (χ0v) is 12.9. The highest BCUT2D eigenvalue weighted by Crippen LogP contribution is 2.31. The van der Waals surface area contributed by atoms with E-state index in [0.717, 1.165) is 23.3 Å². The zero-order chi connectivity index (χ0) is 13.2. The molecule has 4 heteroatoms. The summed E-state index contributed by atoms with van der Waals surface area (Å²) in [4.78, 5) is 7.35. The third-order valence-electron chi connectivity index (χ3n) is 4.11. The number of halogens is 1. The van der Waals surface area contributed by atoms with Crippen LogP contribution in [0.15, 0.2) is 24.4 Å². The predicted molar refractivity (Wildman–Crippen MR) is 83.1 cm³/mol. The molecule has 0 bridgehead atoms. The van der Waals surface area contributed by atoms with E-state index in [4.69, 9.17) is 4.98 Å². The van der Waals surface area contributed by atoms with Gasteiger partial charge in [0.15, 0.2) is 5.82 Å². The van der Waals surface area contributed by atoms with Crippen LogP contribution in [0.2, 0.25) is 0 Å². The molecule has 0 unspecified atom stereocenters. The summed E-state index contributed by atoms with van der Waals surface area (Å²) >= 11 is 3.63. The fourth-order valence-corrected chi connectivity index (χ4v) is 3.71. The molecule has 3 rings (SSSR count). The summed E-state index contributed by atoms with van der Waals surface area (Å²) in [5.74, 6) is 1.16. The summed E-state index contributed by atoms with van der Waals surface area (Å²) < 4.78 is 2.20. The molecule has 1 aliphatic rings. The van der Waals surface area contributed by atoms with Gasteiger partial charge in [0.1, 0.15) is 5.65 Å². The first-order valence-corrected chi connectivity index (χ1v) is 8.26. The Morgan fingerprint density at radius 2 is 2.16 bits per heavy atom. The molecule has 19 heavy (non-hydrogen) atoms. The predicted octanol–water partition coefficient (Wildman–Crippen LogP) is 4.00. The SMILES string of the molecule is CCN(c1nc2ccccn2c1CBr)C1CCCC1. The van der Waals surface area contributed by atoms with Crippen LogP contribution in [0.25, 0.3) is 5.65 Å². The highest BCUT2D eigenvalue weighted by Gasteiger charge is 2.25. The lowest BCUT2D eigenvalue weighted by atomic mass is 10.2. The first kappa shape index (κ1) is 13.0. The van der Waals surface area contributed by atoms with Crippen molar-refractivity contribution < 1.29 is 0 Å². The lowest BCUT2D eigenvalue weighted by molar-refractivity contribution is 0.613. The van der Waals surface area contributed by atoms with Gasteiger partial charge < -0.3 is 9.30 Å². The molecule has 2 heterocycles. The first-order chi connectivity index (χ1) is 9.35. The van der Waals surface area contributed by atoms with Crippen LogP contribution < -0.4 is 4.90 Å². The molecule has 1 aliphatic carbocycles. The lowest BCUT2D eigenvalue weighted by Gasteiger charge is -2.28. The molecule has 1 fully saturated rings. The van der Waals surface area contributed by atoms with E-state index in [1.54, 1.807) is 0 Å². The minimum absolute atomic E-state index is 0.674. The maximum absolute atomic E-state index is 4.86. The molecular formula is C15H20BrN3. The maximum Gasteiger partial charge on any atom is 0.152 e. The van der Waals surface area contributed by atoms with Crippen molar-refractivity contribution in [3.8, 4) is 0 Å². The smallest absolute Gasteiger partial charge is 0.152 e. The normalized spacial score (nSPS) is 16.3. The number of nitrogens with zero attached hydrogens (tertiary/aromatic N) is 3. The maximum atomic E-state index is 4.86. The molecule has 0 aromatic carbocycles. The molecular weight excluding hydrogens is 302 g/mol. The average molecular weight is 322 g/mol. The van der Waals surface area contributed by atoms with E-state index in [0.29, 0.717) is 6.04 Å². The number of fused-ring (bicyclic) bond motifs is 1. The van der Waals surface area contributed by atoms with E-state index in [9.17, 15) is 0 Å². The van der Waals surface area contributed by atoms with Crippen molar-refractivity contribution in [3.63, 3.8) is 0 Å². The van der Waals surface area contributed by atoms with Crippen molar-refractivity contribution in [1.29, 1.82) is 0 Å². The molecule has 0 atom stereocenters. The number of alkyl halides is 1. The topological polar surface area (TPSA) is 20.5 Å². The van der Waals surface area contributed by atoms with Crippen LogP contribution in [0.4, 0.5) is 5.82 Å². The Morgan fingerprint density at radius 3 is 2.84 bits per heavy atom. The number of rotatable bonds is 4. The average Bonchev–Trinajstić information content (AvgIpc) is 3.07. The molecule has 0 amide bonds. The van der Waals surface area contributed by atoms with Gasteiger partial charge in [-0.25, -0.2) is 4.98 Å². The van der Waals surface area contributed by atoms with E-state index in [2.05, 4.69) is 56.6 Å². The van der Waals surface area contributed by atoms with Gasteiger partial charge in [0.05, 0.1) is 5.69 Å². The number of anilines is 1. The van der Waals surface area contributed by atoms with E-state index in [1.165, 1.54) is 31.4 Å². The standard InChI is InChI=1S/C15H20BrN3/c1-2-18(12-7-3-4-8-12)15-13(11-16)19-10-6-5-9-14(19)17-15/h5-6,9-10,12H,2-4,7-8,11H2,1H3. The summed E-state index contributed by atoms with van der Waals surface area (Å²) in [7, 11) is 0. The van der Waals surface area contributed by atoms with Crippen molar-refractivity contribution in [2.24, 2.45) is 0 Å². The Morgan fingerprint density at radius 1 is 1.37 bits per heavy atom. The molecule has 0 aliphatic heterocycles. The fraction of sp³-hybridized carbons (Fsp3) is 0.533. The molecule has 102 valence electrons. The second kappa shape index (κ2) is 5.53. The van der Waals surface area contributed by atoms with E-state index < -0.39 is 0 Å². The van der Waals surface area contributed by atoms with Gasteiger partial charge >= 0.3 is 0 Å². The van der Waals surface area contributed by atoms with E-state index in [-0.39, 0.29) is 0 Å². The third-order valence-corrected chi connectivity index (χ3v) is 4.64. The summed E-state index contributed by atoms with van der Waals surface area (Å²) in [6, 6.07) is 6.87. The monoisotopic (exact) mass is 321 g/mol. The molecule has 0 spiro atoms.